The second kappa shape index (κ2) is 7.45. The maximum Gasteiger partial charge on any atom is 0.407 e. The van der Waals surface area contributed by atoms with Crippen molar-refractivity contribution in [2.24, 2.45) is 0 Å². The molecule has 1 heterocycles. The lowest BCUT2D eigenvalue weighted by molar-refractivity contribution is 0.0529. The Labute approximate surface area is 128 Å². The number of nitrogens with one attached hydrogen (secondary N) is 1. The molecule has 20 heavy (non-hydrogen) atoms. The number of nitrogens with zero attached hydrogens (tertiary/aromatic N) is 2. The third-order valence-electron chi connectivity index (χ3n) is 2.02. The zero-order chi connectivity index (χ0) is 15.2. The number of hydrogen-bond donors (Lipinski definition) is 1. The van der Waals surface area contributed by atoms with Crippen molar-refractivity contribution in [3.63, 3.8) is 0 Å². The van der Waals surface area contributed by atoms with Crippen LogP contribution in [-0.2, 0) is 4.74 Å². The number of rotatable bonds is 4. The Morgan fingerprint density at radius 3 is 2.75 bits per heavy atom. The Hall–Kier alpha value is -1.33. The molecule has 7 heteroatoms. The molecular formula is C13H17Cl2N3O2. The summed E-state index contributed by atoms with van der Waals surface area (Å²) in [5.41, 5.74) is 0.182. The Balaban J connectivity index is 2.34. The van der Waals surface area contributed by atoms with E-state index in [0.717, 1.165) is 0 Å². The van der Waals surface area contributed by atoms with Crippen LogP contribution >= 0.6 is 23.2 Å². The average Bonchev–Trinajstić information content (AvgIpc) is 2.28. The molecule has 0 aromatic carbocycles. The molecule has 1 aromatic heterocycles. The number of aromatic nitrogens is 2. The first kappa shape index (κ1) is 16.7. The minimum Gasteiger partial charge on any atom is -0.444 e. The predicted octanol–water partition coefficient (Wildman–Crippen LogP) is 3.71. The first-order chi connectivity index (χ1) is 9.28. The molecule has 1 amide bonds. The number of alkyl carbamates (subject to hydrolysis) is 1. The molecule has 0 saturated carbocycles. The molecule has 0 bridgehead atoms. The van der Waals surface area contributed by atoms with Gasteiger partial charge < -0.3 is 10.1 Å². The van der Waals surface area contributed by atoms with Gasteiger partial charge >= 0.3 is 6.09 Å². The van der Waals surface area contributed by atoms with Gasteiger partial charge in [0.05, 0.1) is 0 Å². The van der Waals surface area contributed by atoms with Gasteiger partial charge in [0, 0.05) is 18.3 Å². The molecule has 1 N–H and O–H groups in total. The van der Waals surface area contributed by atoms with Gasteiger partial charge in [-0.1, -0.05) is 23.8 Å². The minimum atomic E-state index is -0.492. The van der Waals surface area contributed by atoms with Crippen molar-refractivity contribution < 1.29 is 9.53 Å². The first-order valence-corrected chi connectivity index (χ1v) is 6.85. The van der Waals surface area contributed by atoms with Gasteiger partial charge in [-0.05, 0) is 38.8 Å². The average molecular weight is 318 g/mol. The normalized spacial score (nSPS) is 11.7. The fourth-order valence-corrected chi connectivity index (χ4v) is 1.61. The van der Waals surface area contributed by atoms with Crippen LogP contribution in [-0.4, -0.2) is 28.2 Å². The molecule has 0 fully saturated rings. The van der Waals surface area contributed by atoms with Crippen LogP contribution in [0.4, 0.5) is 4.79 Å². The molecule has 0 aliphatic rings. The van der Waals surface area contributed by atoms with Gasteiger partial charge in [-0.2, -0.15) is 0 Å². The van der Waals surface area contributed by atoms with Crippen LogP contribution in [0.2, 0.25) is 10.4 Å². The Morgan fingerprint density at radius 1 is 1.45 bits per heavy atom. The van der Waals surface area contributed by atoms with Crippen LogP contribution in [0.15, 0.2) is 12.3 Å². The van der Waals surface area contributed by atoms with Crippen molar-refractivity contribution in [1.82, 2.24) is 15.3 Å². The van der Waals surface area contributed by atoms with Crippen LogP contribution in [0.3, 0.4) is 0 Å². The molecule has 0 aliphatic carbocycles. The summed E-state index contributed by atoms with van der Waals surface area (Å²) < 4.78 is 5.10. The summed E-state index contributed by atoms with van der Waals surface area (Å²) in [5.74, 6) is 0. The second-order valence-electron chi connectivity index (χ2n) is 5.00. The van der Waals surface area contributed by atoms with Gasteiger partial charge in [0.2, 0.25) is 5.28 Å². The second-order valence-corrected chi connectivity index (χ2v) is 5.70. The topological polar surface area (TPSA) is 64.1 Å². The van der Waals surface area contributed by atoms with Crippen LogP contribution in [0.1, 0.15) is 32.8 Å². The zero-order valence-corrected chi connectivity index (χ0v) is 13.1. The smallest absolute Gasteiger partial charge is 0.407 e. The van der Waals surface area contributed by atoms with E-state index >= 15 is 0 Å². The maximum atomic E-state index is 11.4. The summed E-state index contributed by atoms with van der Waals surface area (Å²) in [6, 6.07) is 0. The maximum absolute atomic E-state index is 11.4. The summed E-state index contributed by atoms with van der Waals surface area (Å²) in [6.45, 7) is 5.91. The monoisotopic (exact) mass is 317 g/mol. The fraction of sp³-hybridized carbons (Fsp3) is 0.462. The van der Waals surface area contributed by atoms with Crippen LogP contribution in [0.5, 0.6) is 0 Å². The summed E-state index contributed by atoms with van der Waals surface area (Å²) in [7, 11) is 0. The van der Waals surface area contributed by atoms with E-state index in [2.05, 4.69) is 15.3 Å². The molecule has 0 aliphatic heterocycles. The molecule has 0 saturated heterocycles. The Morgan fingerprint density at radius 2 is 2.15 bits per heavy atom. The summed E-state index contributed by atoms with van der Waals surface area (Å²) in [5, 5.41) is 3.05. The molecule has 5 nitrogen and oxygen atoms in total. The Bertz CT molecular complexity index is 499. The number of hydrogen-bond acceptors (Lipinski definition) is 4. The van der Waals surface area contributed by atoms with E-state index in [1.807, 2.05) is 26.8 Å². The van der Waals surface area contributed by atoms with Gasteiger partial charge in [0.15, 0.2) is 0 Å². The van der Waals surface area contributed by atoms with E-state index in [4.69, 9.17) is 27.9 Å². The lowest BCUT2D eigenvalue weighted by atomic mass is 10.2. The van der Waals surface area contributed by atoms with E-state index in [0.29, 0.717) is 23.7 Å². The van der Waals surface area contributed by atoms with Gasteiger partial charge in [-0.15, -0.1) is 0 Å². The zero-order valence-electron chi connectivity index (χ0n) is 11.6. The number of carbonyl (C=O) groups is 1. The highest BCUT2D eigenvalue weighted by Crippen LogP contribution is 2.15. The number of ether oxygens (including phenoxy) is 1. The molecular weight excluding hydrogens is 301 g/mol. The SMILES string of the molecule is CC(C)(C)OC(=O)NCCC=Cc1cnc(Cl)nc1Cl. The van der Waals surface area contributed by atoms with Crippen LogP contribution in [0, 0.1) is 0 Å². The molecule has 1 aromatic rings. The van der Waals surface area contributed by atoms with Crippen LogP contribution < -0.4 is 5.32 Å². The molecule has 0 unspecified atom stereocenters. The lowest BCUT2D eigenvalue weighted by Crippen LogP contribution is -2.32. The molecule has 110 valence electrons. The van der Waals surface area contributed by atoms with Crippen molar-refractivity contribution in [3.8, 4) is 0 Å². The highest BCUT2D eigenvalue weighted by molar-refractivity contribution is 6.32. The van der Waals surface area contributed by atoms with Crippen molar-refractivity contribution in [2.45, 2.75) is 32.8 Å². The summed E-state index contributed by atoms with van der Waals surface area (Å²) in [4.78, 5) is 19.0. The van der Waals surface area contributed by atoms with Gasteiger partial charge in [0.25, 0.3) is 0 Å². The minimum absolute atomic E-state index is 0.110. The third kappa shape index (κ3) is 6.73. The van der Waals surface area contributed by atoms with E-state index in [9.17, 15) is 4.79 Å². The largest absolute Gasteiger partial charge is 0.444 e. The third-order valence-corrected chi connectivity index (χ3v) is 2.50. The quantitative estimate of drug-likeness (QED) is 0.522. The lowest BCUT2D eigenvalue weighted by Gasteiger charge is -2.19. The van der Waals surface area contributed by atoms with Crippen molar-refractivity contribution in [2.75, 3.05) is 6.54 Å². The van der Waals surface area contributed by atoms with Crippen molar-refractivity contribution in [1.29, 1.82) is 0 Å². The standard InChI is InChI=1S/C13H17Cl2N3O2/c1-13(2,3)20-12(19)16-7-5-4-6-9-8-17-11(15)18-10(9)14/h4,6,8H,5,7H2,1-3H3,(H,16,19). The number of amides is 1. The van der Waals surface area contributed by atoms with E-state index in [1.165, 1.54) is 6.20 Å². The summed E-state index contributed by atoms with van der Waals surface area (Å²) >= 11 is 11.5. The van der Waals surface area contributed by atoms with E-state index in [1.54, 1.807) is 6.08 Å². The summed E-state index contributed by atoms with van der Waals surface area (Å²) in [6.07, 6.45) is 5.37. The number of carbonyl (C=O) groups excluding carboxylic acids is 1. The molecule has 0 spiro atoms. The highest BCUT2D eigenvalue weighted by atomic mass is 35.5. The van der Waals surface area contributed by atoms with Gasteiger partial charge in [-0.25, -0.2) is 14.8 Å². The predicted molar refractivity (Wildman–Crippen MR) is 79.9 cm³/mol. The van der Waals surface area contributed by atoms with Crippen molar-refractivity contribution >= 4 is 35.4 Å². The molecule has 0 atom stereocenters. The molecule has 1 rings (SSSR count). The van der Waals surface area contributed by atoms with E-state index < -0.39 is 11.7 Å². The molecule has 0 radical (unpaired) electrons. The van der Waals surface area contributed by atoms with Gasteiger partial charge in [0.1, 0.15) is 10.8 Å². The van der Waals surface area contributed by atoms with Crippen molar-refractivity contribution in [3.05, 3.63) is 28.3 Å². The van der Waals surface area contributed by atoms with E-state index in [-0.39, 0.29) is 5.28 Å². The van der Waals surface area contributed by atoms with Gasteiger partial charge in [-0.3, -0.25) is 0 Å². The van der Waals surface area contributed by atoms with Crippen LogP contribution in [0.25, 0.3) is 6.08 Å². The first-order valence-electron chi connectivity index (χ1n) is 6.09. The highest BCUT2D eigenvalue weighted by Gasteiger charge is 2.15. The Kier molecular flexibility index (Phi) is 6.23. The number of halogens is 2. The fourth-order valence-electron chi connectivity index (χ4n) is 1.24.